The van der Waals surface area contributed by atoms with E-state index < -0.39 is 5.97 Å². The van der Waals surface area contributed by atoms with Crippen LogP contribution in [0.1, 0.15) is 16.1 Å². The summed E-state index contributed by atoms with van der Waals surface area (Å²) in [5.41, 5.74) is 1.61. The van der Waals surface area contributed by atoms with Gasteiger partial charge in [-0.15, -0.1) is 0 Å². The van der Waals surface area contributed by atoms with E-state index in [1.807, 2.05) is 18.2 Å². The summed E-state index contributed by atoms with van der Waals surface area (Å²) >= 11 is 6.79. The zero-order chi connectivity index (χ0) is 13.3. The molecule has 0 aliphatic rings. The zero-order valence-electron chi connectivity index (χ0n) is 9.66. The van der Waals surface area contributed by atoms with Crippen LogP contribution in [0.2, 0.25) is 0 Å². The molecular weight excluding hydrogens is 366 g/mol. The van der Waals surface area contributed by atoms with Crippen LogP contribution in [0.4, 0.5) is 0 Å². The Balaban J connectivity index is 2.57. The van der Waals surface area contributed by atoms with Crippen LogP contribution in [-0.4, -0.2) is 18.2 Å². The smallest absolute Gasteiger partial charge is 0.343 e. The van der Waals surface area contributed by atoms with Crippen molar-refractivity contribution in [1.82, 2.24) is 5.16 Å². The van der Waals surface area contributed by atoms with Crippen LogP contribution in [-0.2, 0) is 4.74 Å². The van der Waals surface area contributed by atoms with Gasteiger partial charge < -0.3 is 9.26 Å². The van der Waals surface area contributed by atoms with Gasteiger partial charge in [-0.25, -0.2) is 4.79 Å². The van der Waals surface area contributed by atoms with E-state index in [1.165, 1.54) is 7.11 Å². The highest BCUT2D eigenvalue weighted by molar-refractivity contribution is 9.13. The first kappa shape index (κ1) is 13.3. The van der Waals surface area contributed by atoms with Gasteiger partial charge in [-0.05, 0) is 50.9 Å². The maximum atomic E-state index is 11.7. The summed E-state index contributed by atoms with van der Waals surface area (Å²) in [5, 5.41) is 3.91. The molecule has 18 heavy (non-hydrogen) atoms. The van der Waals surface area contributed by atoms with E-state index in [0.717, 1.165) is 14.5 Å². The third kappa shape index (κ3) is 2.35. The molecule has 0 unspecified atom stereocenters. The minimum Gasteiger partial charge on any atom is -0.465 e. The summed E-state index contributed by atoms with van der Waals surface area (Å²) < 4.78 is 11.6. The Morgan fingerprint density at radius 2 is 2.06 bits per heavy atom. The Hall–Kier alpha value is -1.14. The number of hydrogen-bond acceptors (Lipinski definition) is 4. The number of aryl methyl sites for hydroxylation is 1. The van der Waals surface area contributed by atoms with Crippen molar-refractivity contribution in [2.75, 3.05) is 7.11 Å². The molecule has 1 aromatic carbocycles. The average Bonchev–Trinajstić information content (AvgIpc) is 2.74. The molecule has 0 radical (unpaired) electrons. The molecule has 0 fully saturated rings. The standard InChI is InChI=1S/C12H9Br2NO3/c1-6-10(12(16)17-2)11(15-18-6)7-3-4-8(13)9(14)5-7/h3-5H,1-2H3. The van der Waals surface area contributed by atoms with Gasteiger partial charge in [-0.2, -0.15) is 0 Å². The molecule has 0 spiro atoms. The second-order valence-electron chi connectivity index (χ2n) is 3.58. The molecule has 0 saturated heterocycles. The summed E-state index contributed by atoms with van der Waals surface area (Å²) in [6.45, 7) is 1.68. The van der Waals surface area contributed by atoms with E-state index in [4.69, 9.17) is 9.26 Å². The molecule has 2 rings (SSSR count). The Labute approximate surface area is 121 Å². The number of methoxy groups -OCH3 is 1. The van der Waals surface area contributed by atoms with Crippen molar-refractivity contribution >= 4 is 37.8 Å². The molecule has 0 saturated carbocycles. The number of carbonyl (C=O) groups excluding carboxylic acids is 1. The molecule has 2 aromatic rings. The van der Waals surface area contributed by atoms with Crippen LogP contribution >= 0.6 is 31.9 Å². The molecule has 1 heterocycles. The second-order valence-corrected chi connectivity index (χ2v) is 5.29. The summed E-state index contributed by atoms with van der Waals surface area (Å²) in [6.07, 6.45) is 0. The largest absolute Gasteiger partial charge is 0.465 e. The first-order chi connectivity index (χ1) is 8.54. The van der Waals surface area contributed by atoms with Crippen molar-refractivity contribution < 1.29 is 14.1 Å². The van der Waals surface area contributed by atoms with Crippen LogP contribution in [0.25, 0.3) is 11.3 Å². The summed E-state index contributed by atoms with van der Waals surface area (Å²) in [6, 6.07) is 5.57. The highest BCUT2D eigenvalue weighted by atomic mass is 79.9. The average molecular weight is 375 g/mol. The molecule has 0 atom stereocenters. The highest BCUT2D eigenvalue weighted by Crippen LogP contribution is 2.31. The predicted octanol–water partition coefficient (Wildman–Crippen LogP) is 3.96. The Morgan fingerprint density at radius 3 is 2.67 bits per heavy atom. The normalized spacial score (nSPS) is 10.4. The molecule has 94 valence electrons. The maximum absolute atomic E-state index is 11.7. The number of hydrogen-bond donors (Lipinski definition) is 0. The second kappa shape index (κ2) is 5.24. The van der Waals surface area contributed by atoms with Gasteiger partial charge in [0.05, 0.1) is 7.11 Å². The van der Waals surface area contributed by atoms with E-state index >= 15 is 0 Å². The fourth-order valence-corrected chi connectivity index (χ4v) is 2.18. The third-order valence-corrected chi connectivity index (χ3v) is 4.32. The molecule has 4 nitrogen and oxygen atoms in total. The number of esters is 1. The summed E-state index contributed by atoms with van der Waals surface area (Å²) in [4.78, 5) is 11.7. The van der Waals surface area contributed by atoms with E-state index in [1.54, 1.807) is 6.92 Å². The zero-order valence-corrected chi connectivity index (χ0v) is 12.8. The number of benzene rings is 1. The van der Waals surface area contributed by atoms with Gasteiger partial charge in [0.15, 0.2) is 0 Å². The molecule has 0 aliphatic carbocycles. The maximum Gasteiger partial charge on any atom is 0.343 e. The number of nitrogens with zero attached hydrogens (tertiary/aromatic N) is 1. The van der Waals surface area contributed by atoms with E-state index in [2.05, 4.69) is 37.0 Å². The first-order valence-corrected chi connectivity index (χ1v) is 6.63. The van der Waals surface area contributed by atoms with Gasteiger partial charge in [0, 0.05) is 14.5 Å². The SMILES string of the molecule is COC(=O)c1c(-c2ccc(Br)c(Br)c2)noc1C. The van der Waals surface area contributed by atoms with Crippen LogP contribution in [0.15, 0.2) is 31.7 Å². The van der Waals surface area contributed by atoms with Crippen LogP contribution in [0, 0.1) is 6.92 Å². The molecular formula is C12H9Br2NO3. The van der Waals surface area contributed by atoms with E-state index in [0.29, 0.717) is 17.0 Å². The molecule has 1 aromatic heterocycles. The Morgan fingerprint density at radius 1 is 1.33 bits per heavy atom. The first-order valence-electron chi connectivity index (χ1n) is 5.04. The lowest BCUT2D eigenvalue weighted by Crippen LogP contribution is -2.03. The van der Waals surface area contributed by atoms with E-state index in [9.17, 15) is 4.79 Å². The number of ether oxygens (including phenoxy) is 1. The van der Waals surface area contributed by atoms with Crippen molar-refractivity contribution in [2.24, 2.45) is 0 Å². The molecule has 0 bridgehead atoms. The van der Waals surface area contributed by atoms with Crippen molar-refractivity contribution in [3.8, 4) is 11.3 Å². The number of rotatable bonds is 2. The topological polar surface area (TPSA) is 52.3 Å². The van der Waals surface area contributed by atoms with Crippen LogP contribution in [0.3, 0.4) is 0 Å². The molecule has 0 N–H and O–H groups in total. The fraction of sp³-hybridized carbons (Fsp3) is 0.167. The summed E-state index contributed by atoms with van der Waals surface area (Å²) in [5.74, 6) is -0.0151. The fourth-order valence-electron chi connectivity index (χ4n) is 1.56. The molecule has 0 aliphatic heterocycles. The van der Waals surface area contributed by atoms with Gasteiger partial charge in [0.2, 0.25) is 0 Å². The number of carbonyl (C=O) groups is 1. The van der Waals surface area contributed by atoms with Gasteiger partial charge >= 0.3 is 5.97 Å². The molecule has 6 heteroatoms. The highest BCUT2D eigenvalue weighted by Gasteiger charge is 2.22. The molecule has 0 amide bonds. The van der Waals surface area contributed by atoms with Crippen molar-refractivity contribution in [2.45, 2.75) is 6.92 Å². The van der Waals surface area contributed by atoms with Gasteiger partial charge in [0.25, 0.3) is 0 Å². The van der Waals surface area contributed by atoms with Gasteiger partial charge in [-0.1, -0.05) is 11.2 Å². The number of halogens is 2. The number of aromatic nitrogens is 1. The van der Waals surface area contributed by atoms with Crippen LogP contribution < -0.4 is 0 Å². The third-order valence-electron chi connectivity index (χ3n) is 2.45. The summed E-state index contributed by atoms with van der Waals surface area (Å²) in [7, 11) is 1.33. The Bertz CT molecular complexity index is 607. The minimum atomic E-state index is -0.456. The lowest BCUT2D eigenvalue weighted by Gasteiger charge is -2.02. The quantitative estimate of drug-likeness (QED) is 0.746. The van der Waals surface area contributed by atoms with E-state index in [-0.39, 0.29) is 0 Å². The minimum absolute atomic E-state index is 0.353. The monoisotopic (exact) mass is 373 g/mol. The lowest BCUT2D eigenvalue weighted by molar-refractivity contribution is 0.0599. The van der Waals surface area contributed by atoms with Crippen molar-refractivity contribution in [3.05, 3.63) is 38.5 Å². The van der Waals surface area contributed by atoms with Crippen molar-refractivity contribution in [3.63, 3.8) is 0 Å². The van der Waals surface area contributed by atoms with Crippen molar-refractivity contribution in [1.29, 1.82) is 0 Å². The van der Waals surface area contributed by atoms with Gasteiger partial charge in [0.1, 0.15) is 17.0 Å². The predicted molar refractivity (Wildman–Crippen MR) is 73.4 cm³/mol. The van der Waals surface area contributed by atoms with Gasteiger partial charge in [-0.3, -0.25) is 0 Å². The lowest BCUT2D eigenvalue weighted by atomic mass is 10.1. The Kier molecular flexibility index (Phi) is 3.87. The van der Waals surface area contributed by atoms with Crippen LogP contribution in [0.5, 0.6) is 0 Å².